The van der Waals surface area contributed by atoms with Crippen molar-refractivity contribution in [3.63, 3.8) is 0 Å². The summed E-state index contributed by atoms with van der Waals surface area (Å²) < 4.78 is 0. The third kappa shape index (κ3) is 8.27. The fourth-order valence-electron chi connectivity index (χ4n) is 3.73. The van der Waals surface area contributed by atoms with Crippen molar-refractivity contribution in [3.8, 4) is 0 Å². The second-order valence-corrected chi connectivity index (χ2v) is 9.15. The first-order valence-corrected chi connectivity index (χ1v) is 11.4. The van der Waals surface area contributed by atoms with Gasteiger partial charge in [0.2, 0.25) is 0 Å². The lowest BCUT2D eigenvalue weighted by Gasteiger charge is -2.18. The van der Waals surface area contributed by atoms with Crippen LogP contribution in [0.1, 0.15) is 37.8 Å². The summed E-state index contributed by atoms with van der Waals surface area (Å²) in [6.45, 7) is 6.62. The summed E-state index contributed by atoms with van der Waals surface area (Å²) in [4.78, 5) is 0. The Labute approximate surface area is 196 Å². The number of hydrogen-bond donors (Lipinski definition) is 0. The fraction of sp³-hybridized carbons (Fsp3) is 0.200. The monoisotopic (exact) mass is 414 g/mol. The molecule has 0 heterocycles. The van der Waals surface area contributed by atoms with E-state index >= 15 is 0 Å². The molecule has 0 bridgehead atoms. The molecule has 158 valence electrons. The maximum Gasteiger partial charge on any atom is 0.157 e. The van der Waals surface area contributed by atoms with Gasteiger partial charge in [-0.1, -0.05) is 165 Å². The van der Waals surface area contributed by atoms with Crippen LogP contribution in [0.3, 0.4) is 0 Å². The highest BCUT2D eigenvalue weighted by atomic mass is 14.1. The lowest BCUT2D eigenvalue weighted by atomic mass is 9.51. The molecule has 0 fully saturated rings. The van der Waals surface area contributed by atoms with Gasteiger partial charge in [-0.3, -0.25) is 0 Å². The Balaban J connectivity index is 0.000000222. The Morgan fingerprint density at radius 3 is 1.31 bits per heavy atom. The topological polar surface area (TPSA) is 0 Å². The molecule has 0 N–H and O–H groups in total. The van der Waals surface area contributed by atoms with E-state index in [1.54, 1.807) is 0 Å². The zero-order valence-corrected chi connectivity index (χ0v) is 19.5. The van der Waals surface area contributed by atoms with Crippen molar-refractivity contribution in [1.29, 1.82) is 0 Å². The molecule has 4 rings (SSSR count). The third-order valence-electron chi connectivity index (χ3n) is 5.19. The lowest BCUT2D eigenvalue weighted by Crippen LogP contribution is -2.22. The minimum Gasteiger partial charge on any atom is -0.0878 e. The first-order valence-electron chi connectivity index (χ1n) is 11.4. The van der Waals surface area contributed by atoms with E-state index in [-0.39, 0.29) is 5.31 Å². The second kappa shape index (κ2) is 12.2. The number of rotatable bonds is 6. The maximum atomic E-state index is 2.32. The minimum atomic E-state index is 0.279. The summed E-state index contributed by atoms with van der Waals surface area (Å²) in [6, 6.07) is 42.5. The molecule has 4 aromatic carbocycles. The molecule has 0 spiro atoms. The number of hydrogen-bond acceptors (Lipinski definition) is 0. The molecule has 0 saturated heterocycles. The molecule has 2 heteroatoms. The largest absolute Gasteiger partial charge is 0.157 e. The first kappa shape index (κ1) is 23.7. The Hall–Kier alpha value is -2.99. The van der Waals surface area contributed by atoms with E-state index in [0.717, 1.165) is 6.32 Å². The average molecular weight is 414 g/mol. The Morgan fingerprint density at radius 2 is 0.906 bits per heavy atom. The molecule has 32 heavy (non-hydrogen) atoms. The molecule has 0 saturated carbocycles. The van der Waals surface area contributed by atoms with Crippen molar-refractivity contribution < 1.29 is 0 Å². The van der Waals surface area contributed by atoms with Crippen molar-refractivity contribution in [2.24, 2.45) is 0 Å². The van der Waals surface area contributed by atoms with Crippen LogP contribution in [0.4, 0.5) is 0 Å². The lowest BCUT2D eigenvalue weighted by molar-refractivity contribution is 0.759. The van der Waals surface area contributed by atoms with Gasteiger partial charge >= 0.3 is 0 Å². The Morgan fingerprint density at radius 1 is 0.531 bits per heavy atom. The van der Waals surface area contributed by atoms with Crippen LogP contribution >= 0.6 is 0 Å². The summed E-state index contributed by atoms with van der Waals surface area (Å²) in [5.74, 6) is 0.410. The molecular weight excluding hydrogens is 382 g/mol. The summed E-state index contributed by atoms with van der Waals surface area (Å²) in [7, 11) is 4.59. The van der Waals surface area contributed by atoms with E-state index in [4.69, 9.17) is 0 Å². The van der Waals surface area contributed by atoms with Gasteiger partial charge in [-0.05, 0) is 11.1 Å². The highest BCUT2D eigenvalue weighted by molar-refractivity contribution is 6.56. The highest BCUT2D eigenvalue weighted by Crippen LogP contribution is 2.27. The summed E-state index contributed by atoms with van der Waals surface area (Å²) in [5, 5.41) is 0.279. The predicted molar refractivity (Wildman–Crippen MR) is 143 cm³/mol. The molecule has 0 atom stereocenters. The quantitative estimate of drug-likeness (QED) is 0.316. The van der Waals surface area contributed by atoms with E-state index < -0.39 is 0 Å². The van der Waals surface area contributed by atoms with E-state index in [1.807, 2.05) is 6.07 Å². The molecule has 2 radical (unpaired) electrons. The van der Waals surface area contributed by atoms with Crippen LogP contribution in [0.25, 0.3) is 0 Å². The zero-order chi connectivity index (χ0) is 22.7. The van der Waals surface area contributed by atoms with E-state index in [0.29, 0.717) is 5.92 Å². The van der Waals surface area contributed by atoms with Crippen molar-refractivity contribution in [2.45, 2.75) is 38.3 Å². The zero-order valence-electron chi connectivity index (χ0n) is 19.5. The molecule has 4 aromatic rings. The van der Waals surface area contributed by atoms with Gasteiger partial charge in [0.05, 0.1) is 0 Å². The standard InChI is InChI=1S/C20H18B.C10H14B/c1-4-10-17(11-5-1)20(18-12-6-2-7-13-18)16-21-19-14-8-3-9-15-19;1-10(2,3)11-9-7-5-4-6-8-9/h1-15,20H,16H2;4-8H,1-3H3. The normalized spacial score (nSPS) is 10.8. The van der Waals surface area contributed by atoms with Crippen molar-refractivity contribution >= 4 is 25.5 Å². The second-order valence-electron chi connectivity index (χ2n) is 9.15. The van der Waals surface area contributed by atoms with Gasteiger partial charge in [-0.25, -0.2) is 0 Å². The van der Waals surface area contributed by atoms with Gasteiger partial charge in [-0.2, -0.15) is 0 Å². The molecule has 0 amide bonds. The van der Waals surface area contributed by atoms with Gasteiger partial charge in [-0.15, -0.1) is 0 Å². The van der Waals surface area contributed by atoms with Gasteiger partial charge in [0.15, 0.2) is 14.6 Å². The highest BCUT2D eigenvalue weighted by Gasteiger charge is 2.14. The average Bonchev–Trinajstić information content (AvgIpc) is 2.81. The molecule has 0 aliphatic carbocycles. The van der Waals surface area contributed by atoms with E-state index in [2.05, 4.69) is 151 Å². The molecule has 0 aliphatic rings. The van der Waals surface area contributed by atoms with E-state index in [1.165, 1.54) is 22.1 Å². The van der Waals surface area contributed by atoms with Crippen molar-refractivity contribution in [1.82, 2.24) is 0 Å². The summed E-state index contributed by atoms with van der Waals surface area (Å²) >= 11 is 0. The van der Waals surface area contributed by atoms with Gasteiger partial charge in [0.1, 0.15) is 0 Å². The molecule has 0 aliphatic heterocycles. The van der Waals surface area contributed by atoms with Crippen LogP contribution in [0.5, 0.6) is 0 Å². The van der Waals surface area contributed by atoms with Gasteiger partial charge in [0, 0.05) is 5.92 Å². The van der Waals surface area contributed by atoms with Gasteiger partial charge < -0.3 is 0 Å². The Bertz CT molecular complexity index is 968. The predicted octanol–water partition coefficient (Wildman–Crippen LogP) is 6.50. The SMILES string of the molecule is CC(C)(C)[B]c1ccccc1.[B](CC(c1ccccc1)c1ccccc1)c1ccccc1. The molecule has 0 nitrogen and oxygen atoms in total. The van der Waals surface area contributed by atoms with Crippen LogP contribution < -0.4 is 10.9 Å². The fourth-order valence-corrected chi connectivity index (χ4v) is 3.73. The molecule has 0 unspecified atom stereocenters. The minimum absolute atomic E-state index is 0.279. The third-order valence-corrected chi connectivity index (χ3v) is 5.19. The van der Waals surface area contributed by atoms with Crippen LogP contribution in [-0.4, -0.2) is 14.6 Å². The summed E-state index contributed by atoms with van der Waals surface area (Å²) in [6.07, 6.45) is 1.01. The van der Waals surface area contributed by atoms with Crippen LogP contribution in [0.15, 0.2) is 121 Å². The first-order chi connectivity index (χ1) is 15.5. The van der Waals surface area contributed by atoms with Gasteiger partial charge in [0.25, 0.3) is 0 Å². The van der Waals surface area contributed by atoms with Crippen LogP contribution in [0, 0.1) is 0 Å². The molecule has 0 aromatic heterocycles. The maximum absolute atomic E-state index is 2.32. The summed E-state index contributed by atoms with van der Waals surface area (Å²) in [5.41, 5.74) is 5.33. The Kier molecular flexibility index (Phi) is 8.99. The van der Waals surface area contributed by atoms with Crippen molar-refractivity contribution in [3.05, 3.63) is 132 Å². The van der Waals surface area contributed by atoms with Crippen LogP contribution in [-0.2, 0) is 0 Å². The van der Waals surface area contributed by atoms with Crippen molar-refractivity contribution in [2.75, 3.05) is 0 Å². The molecular formula is C30H32B2. The van der Waals surface area contributed by atoms with E-state index in [9.17, 15) is 0 Å². The smallest absolute Gasteiger partial charge is 0.0878 e. The van der Waals surface area contributed by atoms with Crippen LogP contribution in [0.2, 0.25) is 11.6 Å². The number of benzene rings is 4.